The fraction of sp³-hybridized carbons (Fsp3) is 0.797. The summed E-state index contributed by atoms with van der Waals surface area (Å²) < 4.78 is 30.2. The fourth-order valence-electron chi connectivity index (χ4n) is 7.98. The van der Waals surface area contributed by atoms with Crippen LogP contribution in [0.5, 0.6) is 0 Å². The predicted octanol–water partition coefficient (Wildman–Crippen LogP) is 16.5. The second-order valence-corrected chi connectivity index (χ2v) is 21.9. The highest BCUT2D eigenvalue weighted by molar-refractivity contribution is 7.45. The maximum absolute atomic E-state index is 13.5. The van der Waals surface area contributed by atoms with E-state index in [9.17, 15) is 19.0 Å². The van der Waals surface area contributed by atoms with Crippen LogP contribution in [0.25, 0.3) is 0 Å². The number of nitrogens with one attached hydrogen (secondary N) is 1. The zero-order chi connectivity index (χ0) is 50.8. The molecule has 0 aliphatic rings. The van der Waals surface area contributed by atoms with Crippen LogP contribution in [0.2, 0.25) is 0 Å². The first-order chi connectivity index (χ1) is 33.4. The summed E-state index contributed by atoms with van der Waals surface area (Å²) in [5.41, 5.74) is 0. The molecular formula is C59H109N2O7P. The van der Waals surface area contributed by atoms with Gasteiger partial charge in [-0.3, -0.25) is 14.2 Å². The number of hydrogen-bond donors (Lipinski definition) is 1. The van der Waals surface area contributed by atoms with Crippen LogP contribution in [0.1, 0.15) is 252 Å². The number of unbranched alkanes of at least 4 members (excludes halogenated alkanes) is 27. The van der Waals surface area contributed by atoms with Crippen LogP contribution in [-0.4, -0.2) is 69.4 Å². The molecule has 0 aromatic rings. The molecule has 0 aromatic carbocycles. The monoisotopic (exact) mass is 989 g/mol. The molecule has 0 aliphatic heterocycles. The standard InChI is InChI=1S/C59H109N2O7P/c1-7-10-13-16-19-22-25-28-30-31-32-34-37-40-43-46-49-52-59(63)68-57(50-47-44-41-38-35-27-24-21-18-15-12-9-3)56(55-67-69(64,65)66-54-53-61(4,5)6)60-58(62)51-48-45-42-39-36-33-29-26-23-20-17-14-11-8-2/h19,22,28,30,32,34,40,43,47,50,56-57H,7-18,20-21,23-27,29,31,33,35-39,41-42,44-46,48-49,51-55H2,1-6H3,(H-,60,62,64,65)/b22-19-,30-28-,34-32-,43-40-,50-47+. The molecule has 0 saturated carbocycles. The van der Waals surface area contributed by atoms with Gasteiger partial charge < -0.3 is 28.5 Å². The average molecular weight is 990 g/mol. The summed E-state index contributed by atoms with van der Waals surface area (Å²) in [6, 6.07) is -0.908. The molecule has 0 heterocycles. The third-order valence-corrected chi connectivity index (χ3v) is 13.4. The highest BCUT2D eigenvalue weighted by Gasteiger charge is 2.27. The first kappa shape index (κ1) is 66.7. The lowest BCUT2D eigenvalue weighted by molar-refractivity contribution is -0.870. The Balaban J connectivity index is 5.44. The van der Waals surface area contributed by atoms with Gasteiger partial charge in [-0.25, -0.2) is 0 Å². The number of phosphoric ester groups is 1. The van der Waals surface area contributed by atoms with Crippen LogP contribution in [0.15, 0.2) is 60.8 Å². The minimum Gasteiger partial charge on any atom is -0.756 e. The van der Waals surface area contributed by atoms with Gasteiger partial charge in [-0.05, 0) is 70.3 Å². The Labute approximate surface area is 426 Å². The van der Waals surface area contributed by atoms with Crippen molar-refractivity contribution >= 4 is 19.7 Å². The molecular weight excluding hydrogens is 880 g/mol. The van der Waals surface area contributed by atoms with Crippen molar-refractivity contribution in [2.24, 2.45) is 0 Å². The summed E-state index contributed by atoms with van der Waals surface area (Å²) in [5.74, 6) is -0.603. The van der Waals surface area contributed by atoms with Crippen molar-refractivity contribution in [1.29, 1.82) is 0 Å². The van der Waals surface area contributed by atoms with Gasteiger partial charge in [-0.15, -0.1) is 0 Å². The van der Waals surface area contributed by atoms with Crippen molar-refractivity contribution in [3.05, 3.63) is 60.8 Å². The van der Waals surface area contributed by atoms with Gasteiger partial charge in [-0.2, -0.15) is 0 Å². The number of likely N-dealkylation sites (N-methyl/N-ethyl adjacent to an activating group) is 1. The first-order valence-corrected chi connectivity index (χ1v) is 30.1. The van der Waals surface area contributed by atoms with Crippen LogP contribution in [0.4, 0.5) is 0 Å². The summed E-state index contributed by atoms with van der Waals surface area (Å²) in [5, 5.41) is 3.01. The highest BCUT2D eigenvalue weighted by Crippen LogP contribution is 2.38. The largest absolute Gasteiger partial charge is 0.756 e. The molecule has 0 aliphatic carbocycles. The van der Waals surface area contributed by atoms with Gasteiger partial charge >= 0.3 is 5.97 Å². The second kappa shape index (κ2) is 49.3. The van der Waals surface area contributed by atoms with Gasteiger partial charge in [0.25, 0.3) is 7.82 Å². The molecule has 10 heteroatoms. The van der Waals surface area contributed by atoms with E-state index in [1.165, 1.54) is 148 Å². The van der Waals surface area contributed by atoms with E-state index in [0.717, 1.165) is 64.2 Å². The molecule has 69 heavy (non-hydrogen) atoms. The fourth-order valence-corrected chi connectivity index (χ4v) is 8.71. The lowest BCUT2D eigenvalue weighted by atomic mass is 10.0. The van der Waals surface area contributed by atoms with Crippen LogP contribution in [0.3, 0.4) is 0 Å². The van der Waals surface area contributed by atoms with E-state index < -0.39 is 32.5 Å². The summed E-state index contributed by atoms with van der Waals surface area (Å²) >= 11 is 0. The van der Waals surface area contributed by atoms with Gasteiger partial charge in [0.15, 0.2) is 0 Å². The van der Waals surface area contributed by atoms with Gasteiger partial charge in [0, 0.05) is 12.8 Å². The van der Waals surface area contributed by atoms with Crippen LogP contribution >= 0.6 is 7.82 Å². The number of carbonyl (C=O) groups excluding carboxylic acids is 2. The quantitative estimate of drug-likeness (QED) is 0.0212. The molecule has 0 saturated heterocycles. The summed E-state index contributed by atoms with van der Waals surface area (Å²) in [6.07, 6.45) is 60.4. The van der Waals surface area contributed by atoms with Crippen molar-refractivity contribution < 1.29 is 37.3 Å². The molecule has 0 bridgehead atoms. The molecule has 3 atom stereocenters. The molecule has 0 aromatic heterocycles. The van der Waals surface area contributed by atoms with Gasteiger partial charge in [0.05, 0.1) is 33.8 Å². The minimum atomic E-state index is -4.70. The Morgan fingerprint density at radius 2 is 0.899 bits per heavy atom. The SMILES string of the molecule is CCCCC/C=C\C/C=C\C/C=C\C/C=C\CCCC(=O)OC(/C=C/CCCCCCCCCCCC)C(COP(=O)([O-])OCC[N+](C)(C)C)NC(=O)CCCCCCCCCCCCCCCC. The number of esters is 1. The van der Waals surface area contributed by atoms with Crippen LogP contribution in [0, 0.1) is 0 Å². The van der Waals surface area contributed by atoms with Crippen molar-refractivity contribution in [2.45, 2.75) is 264 Å². The number of carbonyl (C=O) groups is 2. The number of quaternary nitrogens is 1. The van der Waals surface area contributed by atoms with Gasteiger partial charge in [-0.1, -0.05) is 230 Å². The normalized spacial score (nSPS) is 14.2. The third kappa shape index (κ3) is 50.4. The number of hydrogen-bond acceptors (Lipinski definition) is 7. The summed E-state index contributed by atoms with van der Waals surface area (Å²) in [6.45, 7) is 6.78. The van der Waals surface area contributed by atoms with E-state index in [1.807, 2.05) is 33.3 Å². The molecule has 1 amide bonds. The number of rotatable bonds is 51. The summed E-state index contributed by atoms with van der Waals surface area (Å²) in [4.78, 5) is 39.8. The maximum Gasteiger partial charge on any atom is 0.306 e. The van der Waals surface area contributed by atoms with E-state index in [1.54, 1.807) is 0 Å². The number of ether oxygens (including phenoxy) is 1. The Morgan fingerprint density at radius 1 is 0.507 bits per heavy atom. The van der Waals surface area contributed by atoms with E-state index in [-0.39, 0.29) is 18.9 Å². The topological polar surface area (TPSA) is 114 Å². The van der Waals surface area contributed by atoms with Crippen molar-refractivity contribution in [3.8, 4) is 0 Å². The Bertz CT molecular complexity index is 1370. The number of phosphoric acid groups is 1. The van der Waals surface area contributed by atoms with Crippen LogP contribution < -0.4 is 10.2 Å². The first-order valence-electron chi connectivity index (χ1n) is 28.6. The smallest absolute Gasteiger partial charge is 0.306 e. The Kier molecular flexibility index (Phi) is 47.7. The molecule has 0 radical (unpaired) electrons. The Hall–Kier alpha value is -2.29. The highest BCUT2D eigenvalue weighted by atomic mass is 31.2. The van der Waals surface area contributed by atoms with Gasteiger partial charge in [0.1, 0.15) is 19.3 Å². The lowest BCUT2D eigenvalue weighted by Gasteiger charge is -2.30. The number of amides is 1. The van der Waals surface area contributed by atoms with Gasteiger partial charge in [0.2, 0.25) is 5.91 Å². The predicted molar refractivity (Wildman–Crippen MR) is 293 cm³/mol. The molecule has 0 fully saturated rings. The van der Waals surface area contributed by atoms with E-state index in [2.05, 4.69) is 74.7 Å². The molecule has 3 unspecified atom stereocenters. The Morgan fingerprint density at radius 3 is 1.38 bits per heavy atom. The van der Waals surface area contributed by atoms with Crippen molar-refractivity contribution in [2.75, 3.05) is 40.9 Å². The van der Waals surface area contributed by atoms with E-state index in [4.69, 9.17) is 13.8 Å². The summed E-state index contributed by atoms with van der Waals surface area (Å²) in [7, 11) is 1.16. The number of nitrogens with zero attached hydrogens (tertiary/aromatic N) is 1. The van der Waals surface area contributed by atoms with E-state index in [0.29, 0.717) is 23.9 Å². The molecule has 1 N–H and O–H groups in total. The van der Waals surface area contributed by atoms with Crippen molar-refractivity contribution in [1.82, 2.24) is 5.32 Å². The van der Waals surface area contributed by atoms with Crippen LogP contribution in [-0.2, 0) is 27.9 Å². The van der Waals surface area contributed by atoms with E-state index >= 15 is 0 Å². The van der Waals surface area contributed by atoms with Crippen molar-refractivity contribution in [3.63, 3.8) is 0 Å². The average Bonchev–Trinajstić information content (AvgIpc) is 3.31. The second-order valence-electron chi connectivity index (χ2n) is 20.4. The maximum atomic E-state index is 13.5. The molecule has 0 spiro atoms. The zero-order valence-electron chi connectivity index (χ0n) is 45.8. The number of allylic oxidation sites excluding steroid dienone is 9. The lowest BCUT2D eigenvalue weighted by Crippen LogP contribution is -2.47. The molecule has 9 nitrogen and oxygen atoms in total. The zero-order valence-corrected chi connectivity index (χ0v) is 46.7. The third-order valence-electron chi connectivity index (χ3n) is 12.5. The minimum absolute atomic E-state index is 0.0307. The molecule has 0 rings (SSSR count). The molecule has 402 valence electrons.